The Kier molecular flexibility index (Phi) is 4.96. The van der Waals surface area contributed by atoms with Gasteiger partial charge in [0, 0.05) is 17.6 Å². The lowest BCUT2D eigenvalue weighted by Crippen LogP contribution is -2.39. The fraction of sp³-hybridized carbons (Fsp3) is 0.579. The monoisotopic (exact) mass is 377 g/mol. The Bertz CT molecular complexity index is 770. The molecule has 1 heterocycles. The van der Waals surface area contributed by atoms with Crippen LogP contribution in [0.25, 0.3) is 11.0 Å². The number of nitrogens with zero attached hydrogens (tertiary/aromatic N) is 2. The van der Waals surface area contributed by atoms with Crippen LogP contribution < -0.4 is 5.32 Å². The van der Waals surface area contributed by atoms with Gasteiger partial charge in [0.15, 0.2) is 5.16 Å². The molecule has 6 heteroatoms. The summed E-state index contributed by atoms with van der Waals surface area (Å²) in [6.45, 7) is 3.05. The van der Waals surface area contributed by atoms with Crippen molar-refractivity contribution in [3.8, 4) is 0 Å². The van der Waals surface area contributed by atoms with Gasteiger partial charge in [-0.15, -0.1) is 0 Å². The van der Waals surface area contributed by atoms with Crippen LogP contribution >= 0.6 is 23.4 Å². The smallest absolute Gasteiger partial charge is 0.230 e. The zero-order valence-electron chi connectivity index (χ0n) is 14.5. The van der Waals surface area contributed by atoms with E-state index in [2.05, 4.69) is 16.8 Å². The number of amides is 1. The average Bonchev–Trinajstić information content (AvgIpc) is 3.49. The van der Waals surface area contributed by atoms with Crippen LogP contribution in [0.3, 0.4) is 0 Å². The molecule has 1 aromatic heterocycles. The number of aromatic nitrogens is 2. The lowest BCUT2D eigenvalue weighted by atomic mass is 10.1. The van der Waals surface area contributed by atoms with Crippen molar-refractivity contribution in [3.63, 3.8) is 0 Å². The normalized spacial score (nSPS) is 17.4. The first-order chi connectivity index (χ1) is 12.2. The van der Waals surface area contributed by atoms with Gasteiger partial charge in [0.25, 0.3) is 0 Å². The van der Waals surface area contributed by atoms with Crippen LogP contribution in [0.1, 0.15) is 39.0 Å². The predicted octanol–water partition coefficient (Wildman–Crippen LogP) is 4.50. The van der Waals surface area contributed by atoms with Crippen LogP contribution in [0.15, 0.2) is 23.4 Å². The molecule has 0 saturated heterocycles. The largest absolute Gasteiger partial charge is 0.352 e. The number of rotatable bonds is 8. The second-order valence-electron chi connectivity index (χ2n) is 7.24. The summed E-state index contributed by atoms with van der Waals surface area (Å²) in [5.74, 6) is 2.03. The molecule has 0 spiro atoms. The number of carbonyl (C=O) groups excluding carboxylic acids is 1. The van der Waals surface area contributed by atoms with Gasteiger partial charge in [-0.05, 0) is 62.1 Å². The van der Waals surface area contributed by atoms with Gasteiger partial charge in [-0.3, -0.25) is 4.79 Å². The van der Waals surface area contributed by atoms with E-state index in [0.29, 0.717) is 16.8 Å². The lowest BCUT2D eigenvalue weighted by molar-refractivity contribution is -0.119. The van der Waals surface area contributed by atoms with Crippen molar-refractivity contribution in [2.45, 2.75) is 56.8 Å². The zero-order chi connectivity index (χ0) is 17.4. The topological polar surface area (TPSA) is 46.9 Å². The summed E-state index contributed by atoms with van der Waals surface area (Å²) in [7, 11) is 0. The van der Waals surface area contributed by atoms with Crippen LogP contribution in [0.2, 0.25) is 5.02 Å². The number of imidazole rings is 1. The molecule has 2 aromatic rings. The molecule has 0 atom stereocenters. The lowest BCUT2D eigenvalue weighted by Gasteiger charge is -2.17. The first-order valence-corrected chi connectivity index (χ1v) is 10.6. The van der Waals surface area contributed by atoms with Gasteiger partial charge in [0.2, 0.25) is 5.91 Å². The van der Waals surface area contributed by atoms with E-state index in [1.54, 1.807) is 0 Å². The number of hydrogen-bond donors (Lipinski definition) is 1. The molecule has 2 saturated carbocycles. The van der Waals surface area contributed by atoms with Gasteiger partial charge >= 0.3 is 0 Å². The Morgan fingerprint density at radius 1 is 1.36 bits per heavy atom. The van der Waals surface area contributed by atoms with E-state index >= 15 is 0 Å². The molecular formula is C19H24ClN3OS. The maximum absolute atomic E-state index is 12.4. The number of halogens is 1. The molecule has 2 aliphatic carbocycles. The van der Waals surface area contributed by atoms with Gasteiger partial charge in [-0.1, -0.05) is 30.3 Å². The molecule has 0 bridgehead atoms. The minimum absolute atomic E-state index is 0.141. The van der Waals surface area contributed by atoms with Crippen molar-refractivity contribution < 1.29 is 4.79 Å². The highest BCUT2D eigenvalue weighted by Crippen LogP contribution is 2.44. The van der Waals surface area contributed by atoms with Crippen molar-refractivity contribution in [1.82, 2.24) is 14.9 Å². The third-order valence-electron chi connectivity index (χ3n) is 5.04. The number of fused-ring (bicyclic) bond motifs is 1. The Hall–Kier alpha value is -1.20. The predicted molar refractivity (Wildman–Crippen MR) is 103 cm³/mol. The molecule has 4 nitrogen and oxygen atoms in total. The standard InChI is InChI=1S/C19H24ClN3OS/c1-2-9-23-16-8-7-14(20)10-15(16)21-19(23)25-11-17(24)22-18(12-3-4-12)13-5-6-13/h7-8,10,12-13,18H,2-6,9,11H2,1H3,(H,22,24). The molecule has 25 heavy (non-hydrogen) atoms. The molecule has 1 aromatic carbocycles. The van der Waals surface area contributed by atoms with E-state index in [1.165, 1.54) is 37.4 Å². The maximum Gasteiger partial charge on any atom is 0.230 e. The summed E-state index contributed by atoms with van der Waals surface area (Å²) in [5, 5.41) is 4.89. The maximum atomic E-state index is 12.4. The van der Waals surface area contributed by atoms with E-state index in [9.17, 15) is 4.79 Å². The minimum Gasteiger partial charge on any atom is -0.352 e. The van der Waals surface area contributed by atoms with E-state index in [-0.39, 0.29) is 5.91 Å². The molecule has 4 rings (SSSR count). The van der Waals surface area contributed by atoms with Gasteiger partial charge in [0.05, 0.1) is 16.8 Å². The molecule has 134 valence electrons. The Morgan fingerprint density at radius 2 is 2.08 bits per heavy atom. The second-order valence-corrected chi connectivity index (χ2v) is 8.61. The molecular weight excluding hydrogens is 354 g/mol. The summed E-state index contributed by atoms with van der Waals surface area (Å²) in [6.07, 6.45) is 6.14. The van der Waals surface area contributed by atoms with Crippen molar-refractivity contribution in [1.29, 1.82) is 0 Å². The van der Waals surface area contributed by atoms with Gasteiger partial charge in [-0.2, -0.15) is 0 Å². The fourth-order valence-electron chi connectivity index (χ4n) is 3.52. The molecule has 1 N–H and O–H groups in total. The van der Waals surface area contributed by atoms with Crippen molar-refractivity contribution in [2.75, 3.05) is 5.75 Å². The fourth-order valence-corrected chi connectivity index (χ4v) is 4.54. The summed E-state index contributed by atoms with van der Waals surface area (Å²) in [5.41, 5.74) is 1.99. The van der Waals surface area contributed by atoms with Crippen LogP contribution in [-0.2, 0) is 11.3 Å². The SMILES string of the molecule is CCCn1c(SCC(=O)NC(C2CC2)C2CC2)nc2cc(Cl)ccc21. The van der Waals surface area contributed by atoms with Crippen LogP contribution in [-0.4, -0.2) is 27.3 Å². The highest BCUT2D eigenvalue weighted by Gasteiger charge is 2.42. The number of aryl methyl sites for hydroxylation is 1. The summed E-state index contributed by atoms with van der Waals surface area (Å²) in [6, 6.07) is 6.22. The third kappa shape index (κ3) is 3.98. The van der Waals surface area contributed by atoms with Gasteiger partial charge in [-0.25, -0.2) is 4.98 Å². The van der Waals surface area contributed by atoms with Gasteiger partial charge < -0.3 is 9.88 Å². The Labute approximate surface area is 157 Å². The molecule has 2 aliphatic rings. The Balaban J connectivity index is 1.44. The van der Waals surface area contributed by atoms with Crippen LogP contribution in [0.5, 0.6) is 0 Å². The van der Waals surface area contributed by atoms with Crippen LogP contribution in [0.4, 0.5) is 0 Å². The highest BCUT2D eigenvalue weighted by molar-refractivity contribution is 7.99. The van der Waals surface area contributed by atoms with E-state index in [4.69, 9.17) is 16.6 Å². The zero-order valence-corrected chi connectivity index (χ0v) is 16.1. The van der Waals surface area contributed by atoms with Crippen molar-refractivity contribution in [2.24, 2.45) is 11.8 Å². The summed E-state index contributed by atoms with van der Waals surface area (Å²) >= 11 is 7.62. The average molecular weight is 378 g/mol. The Morgan fingerprint density at radius 3 is 2.72 bits per heavy atom. The number of nitrogens with one attached hydrogen (secondary N) is 1. The summed E-state index contributed by atoms with van der Waals surface area (Å²) < 4.78 is 2.20. The summed E-state index contributed by atoms with van der Waals surface area (Å²) in [4.78, 5) is 17.1. The van der Waals surface area contributed by atoms with E-state index in [1.807, 2.05) is 18.2 Å². The first-order valence-electron chi connectivity index (χ1n) is 9.23. The number of hydrogen-bond acceptors (Lipinski definition) is 3. The third-order valence-corrected chi connectivity index (χ3v) is 6.25. The molecule has 1 amide bonds. The minimum atomic E-state index is 0.141. The molecule has 2 fully saturated rings. The van der Waals surface area contributed by atoms with Crippen LogP contribution in [0, 0.1) is 11.8 Å². The molecule has 0 aliphatic heterocycles. The second kappa shape index (κ2) is 7.20. The number of carbonyl (C=O) groups is 1. The molecule has 0 radical (unpaired) electrons. The van der Waals surface area contributed by atoms with E-state index < -0.39 is 0 Å². The number of thioether (sulfide) groups is 1. The van der Waals surface area contributed by atoms with Gasteiger partial charge in [0.1, 0.15) is 0 Å². The van der Waals surface area contributed by atoms with Crippen molar-refractivity contribution >= 4 is 40.3 Å². The van der Waals surface area contributed by atoms with Crippen molar-refractivity contribution in [3.05, 3.63) is 23.2 Å². The highest BCUT2D eigenvalue weighted by atomic mass is 35.5. The first kappa shape index (κ1) is 17.2. The van der Waals surface area contributed by atoms with E-state index in [0.717, 1.165) is 41.0 Å². The molecule has 0 unspecified atom stereocenters. The number of benzene rings is 1. The quantitative estimate of drug-likeness (QED) is 0.689.